The first-order valence-electron chi connectivity index (χ1n) is 20.5. The fourth-order valence-electron chi connectivity index (χ4n) is 7.92. The van der Waals surface area contributed by atoms with Gasteiger partial charge in [0.25, 0.3) is 0 Å². The molecule has 5 aromatic rings. The second-order valence-electron chi connectivity index (χ2n) is 15.4. The van der Waals surface area contributed by atoms with E-state index in [4.69, 9.17) is 42.6 Å². The van der Waals surface area contributed by atoms with Crippen LogP contribution in [0.3, 0.4) is 0 Å². The first-order valence-corrected chi connectivity index (χ1v) is 20.5. The molecule has 60 heavy (non-hydrogen) atoms. The quantitative estimate of drug-likeness (QED) is 0.101. The lowest BCUT2D eigenvalue weighted by Crippen LogP contribution is -2.63. The van der Waals surface area contributed by atoms with Crippen molar-refractivity contribution in [2.45, 2.75) is 82.6 Å². The molecule has 312 valence electrons. The third kappa shape index (κ3) is 10.0. The maximum atomic E-state index is 13.8. The van der Waals surface area contributed by atoms with Crippen LogP contribution < -0.4 is 0 Å². The smallest absolute Gasteiger partial charge is 0.338 e. The minimum Gasteiger partial charge on any atom is -0.453 e. The van der Waals surface area contributed by atoms with E-state index in [9.17, 15) is 9.59 Å². The topological polar surface area (TPSA) is 117 Å². The van der Waals surface area contributed by atoms with Crippen molar-refractivity contribution in [3.63, 3.8) is 0 Å². The highest BCUT2D eigenvalue weighted by Gasteiger charge is 2.54. The van der Waals surface area contributed by atoms with Gasteiger partial charge in [-0.15, -0.1) is 0 Å². The van der Waals surface area contributed by atoms with Crippen molar-refractivity contribution >= 4 is 11.9 Å². The summed E-state index contributed by atoms with van der Waals surface area (Å²) in [6, 6.07) is 46.8. The maximum absolute atomic E-state index is 13.8. The van der Waals surface area contributed by atoms with Gasteiger partial charge in [-0.3, -0.25) is 0 Å². The Hall–Kier alpha value is -5.24. The van der Waals surface area contributed by atoms with E-state index >= 15 is 0 Å². The Balaban J connectivity index is 1.09. The second kappa shape index (κ2) is 19.9. The molecule has 5 aromatic carbocycles. The summed E-state index contributed by atoms with van der Waals surface area (Å²) in [6.45, 7) is 4.72. The molecule has 11 nitrogen and oxygen atoms in total. The Labute approximate surface area is 350 Å². The predicted octanol–water partition coefficient (Wildman–Crippen LogP) is 8.09. The van der Waals surface area contributed by atoms with Crippen molar-refractivity contribution in [1.82, 2.24) is 0 Å². The fraction of sp³-hybridized carbons (Fsp3) is 0.347. The molecule has 0 saturated carbocycles. The van der Waals surface area contributed by atoms with Crippen molar-refractivity contribution in [1.29, 1.82) is 0 Å². The summed E-state index contributed by atoms with van der Waals surface area (Å²) in [5.41, 5.74) is 3.54. The maximum Gasteiger partial charge on any atom is 0.338 e. The molecule has 0 radical (unpaired) electrons. The lowest BCUT2D eigenvalue weighted by atomic mass is 9.88. The van der Waals surface area contributed by atoms with Gasteiger partial charge in [0.15, 0.2) is 31.1 Å². The lowest BCUT2D eigenvalue weighted by molar-refractivity contribution is -0.375. The molecule has 3 heterocycles. The molecule has 3 fully saturated rings. The summed E-state index contributed by atoms with van der Waals surface area (Å²) in [4.78, 5) is 27.5. The van der Waals surface area contributed by atoms with Crippen LogP contribution in [-0.2, 0) is 55.8 Å². The van der Waals surface area contributed by atoms with Crippen LogP contribution in [0.25, 0.3) is 0 Å². The summed E-state index contributed by atoms with van der Waals surface area (Å²) in [5.74, 6) is -2.01. The van der Waals surface area contributed by atoms with Crippen LogP contribution in [-0.4, -0.2) is 74.4 Å². The molecule has 8 rings (SSSR count). The summed E-state index contributed by atoms with van der Waals surface area (Å²) in [7, 11) is 0. The van der Waals surface area contributed by atoms with Gasteiger partial charge in [-0.05, 0) is 35.4 Å². The molecule has 0 amide bonds. The molecular formula is C49H50O11. The van der Waals surface area contributed by atoms with E-state index in [0.29, 0.717) is 17.7 Å². The molecular weight excluding hydrogens is 765 g/mol. The second-order valence-corrected chi connectivity index (χ2v) is 15.4. The van der Waals surface area contributed by atoms with E-state index in [-0.39, 0.29) is 19.8 Å². The predicted molar refractivity (Wildman–Crippen MR) is 219 cm³/mol. The van der Waals surface area contributed by atoms with Crippen LogP contribution in [0.5, 0.6) is 0 Å². The van der Waals surface area contributed by atoms with Crippen LogP contribution in [0.15, 0.2) is 152 Å². The number of benzene rings is 5. The number of ether oxygens (including phenoxy) is 9. The Morgan fingerprint density at radius 3 is 1.67 bits per heavy atom. The van der Waals surface area contributed by atoms with E-state index < -0.39 is 79.3 Å². The number of fused-ring (bicyclic) bond motifs is 1. The number of hydrogen-bond donors (Lipinski definition) is 0. The van der Waals surface area contributed by atoms with Crippen molar-refractivity contribution in [2.24, 2.45) is 11.8 Å². The van der Waals surface area contributed by atoms with Crippen molar-refractivity contribution in [2.75, 3.05) is 13.2 Å². The average Bonchev–Trinajstić information content (AvgIpc) is 3.30. The summed E-state index contributed by atoms with van der Waals surface area (Å²) in [5, 5.41) is 0. The molecule has 0 N–H and O–H groups in total. The monoisotopic (exact) mass is 814 g/mol. The molecule has 11 atom stereocenters. The van der Waals surface area contributed by atoms with Crippen LogP contribution in [0.2, 0.25) is 0 Å². The highest BCUT2D eigenvalue weighted by molar-refractivity contribution is 5.90. The van der Waals surface area contributed by atoms with Gasteiger partial charge in [-0.25, -0.2) is 9.59 Å². The molecule has 11 heteroatoms. The largest absolute Gasteiger partial charge is 0.453 e. The summed E-state index contributed by atoms with van der Waals surface area (Å²) < 4.78 is 58.5. The molecule has 3 aliphatic heterocycles. The van der Waals surface area contributed by atoms with Gasteiger partial charge < -0.3 is 42.6 Å². The fourth-order valence-corrected chi connectivity index (χ4v) is 7.92. The van der Waals surface area contributed by atoms with E-state index in [1.54, 1.807) is 48.5 Å². The van der Waals surface area contributed by atoms with Gasteiger partial charge in [0.1, 0.15) is 12.2 Å². The minimum absolute atomic E-state index is 0.0994. The normalized spacial score (nSPS) is 28.9. The summed E-state index contributed by atoms with van der Waals surface area (Å²) in [6.07, 6.45) is -7.18. The Morgan fingerprint density at radius 1 is 0.567 bits per heavy atom. The van der Waals surface area contributed by atoms with Gasteiger partial charge in [0.2, 0.25) is 0 Å². The SMILES string of the molecule is CC1C2OC(c3ccccc3)OCC2OC(OC2C(COCc3ccccc3)OC(OCc3ccccc3)C(OC(=O)c3ccccc3)C2C)C1OC(=O)c1ccccc1. The third-order valence-electron chi connectivity index (χ3n) is 11.2. The molecule has 0 bridgehead atoms. The standard InChI is InChI=1S/C49H50O11/c1-32-41(60-49-44(58-46(51)37-24-14-6-15-25-37)33(2)42-40(56-49)31-54-47(59-42)38-26-16-7-17-27-38)39(30-52-28-34-18-8-3-9-19-34)55-48(53-29-35-20-10-4-11-21-35)43(32)57-45(50)36-22-12-5-13-23-36/h3-27,32-33,39-44,47-49H,28-31H2,1-2H3. The average molecular weight is 815 g/mol. The number of carbonyl (C=O) groups excluding carboxylic acids is 2. The number of rotatable bonds is 14. The molecule has 0 spiro atoms. The summed E-state index contributed by atoms with van der Waals surface area (Å²) >= 11 is 0. The first kappa shape index (κ1) is 41.5. The zero-order valence-electron chi connectivity index (χ0n) is 33.6. The highest BCUT2D eigenvalue weighted by atomic mass is 16.8. The zero-order chi connectivity index (χ0) is 41.3. The van der Waals surface area contributed by atoms with E-state index in [2.05, 4.69) is 0 Å². The van der Waals surface area contributed by atoms with Gasteiger partial charge >= 0.3 is 11.9 Å². The lowest BCUT2D eigenvalue weighted by Gasteiger charge is -2.50. The van der Waals surface area contributed by atoms with Crippen LogP contribution in [0.1, 0.15) is 57.5 Å². The van der Waals surface area contributed by atoms with E-state index in [0.717, 1.165) is 16.7 Å². The number of hydrogen-bond acceptors (Lipinski definition) is 11. The van der Waals surface area contributed by atoms with Gasteiger partial charge in [-0.2, -0.15) is 0 Å². The molecule has 0 aromatic heterocycles. The first-order chi connectivity index (χ1) is 29.4. The van der Waals surface area contributed by atoms with Crippen molar-refractivity contribution in [3.05, 3.63) is 179 Å². The molecule has 0 aliphatic carbocycles. The van der Waals surface area contributed by atoms with Crippen molar-refractivity contribution < 1.29 is 52.2 Å². The highest BCUT2D eigenvalue weighted by Crippen LogP contribution is 2.41. The number of carbonyl (C=O) groups is 2. The molecule has 3 saturated heterocycles. The molecule has 3 aliphatic rings. The van der Waals surface area contributed by atoms with E-state index in [1.165, 1.54) is 0 Å². The van der Waals surface area contributed by atoms with E-state index in [1.807, 2.05) is 117 Å². The van der Waals surface area contributed by atoms with Crippen LogP contribution in [0, 0.1) is 11.8 Å². The van der Waals surface area contributed by atoms with Gasteiger partial charge in [0.05, 0.1) is 49.8 Å². The van der Waals surface area contributed by atoms with Crippen LogP contribution in [0.4, 0.5) is 0 Å². The van der Waals surface area contributed by atoms with Crippen molar-refractivity contribution in [3.8, 4) is 0 Å². The Kier molecular flexibility index (Phi) is 13.7. The Bertz CT molecular complexity index is 2090. The molecule has 11 unspecified atom stereocenters. The number of esters is 2. The van der Waals surface area contributed by atoms with Gasteiger partial charge in [0, 0.05) is 17.4 Å². The minimum atomic E-state index is -1.10. The third-order valence-corrected chi connectivity index (χ3v) is 11.2. The zero-order valence-corrected chi connectivity index (χ0v) is 33.6. The Morgan fingerprint density at radius 2 is 1.08 bits per heavy atom. The van der Waals surface area contributed by atoms with Gasteiger partial charge in [-0.1, -0.05) is 141 Å². The van der Waals surface area contributed by atoms with Crippen LogP contribution >= 0.6 is 0 Å².